The molecule has 0 aliphatic rings. The lowest BCUT2D eigenvalue weighted by molar-refractivity contribution is 0.0980. The summed E-state index contributed by atoms with van der Waals surface area (Å²) in [7, 11) is 0. The molecule has 0 heterocycles. The van der Waals surface area contributed by atoms with E-state index in [2.05, 4.69) is 5.32 Å². The van der Waals surface area contributed by atoms with Gasteiger partial charge in [0.05, 0.1) is 12.7 Å². The molecule has 3 N–H and O–H groups in total. The van der Waals surface area contributed by atoms with Gasteiger partial charge in [-0.15, -0.1) is 0 Å². The normalized spacial score (nSPS) is 13.8. The van der Waals surface area contributed by atoms with Crippen LogP contribution < -0.4 is 5.32 Å². The predicted octanol–water partition coefficient (Wildman–Crippen LogP) is 1.10. The van der Waals surface area contributed by atoms with E-state index in [1.807, 2.05) is 0 Å². The molecule has 0 aromatic heterocycles. The van der Waals surface area contributed by atoms with Crippen LogP contribution in [0.25, 0.3) is 0 Å². The topological polar surface area (TPSA) is 86.6 Å². The lowest BCUT2D eigenvalue weighted by Crippen LogP contribution is -2.33. The van der Waals surface area contributed by atoms with Crippen molar-refractivity contribution in [1.82, 2.24) is 5.32 Å². The predicted molar refractivity (Wildman–Crippen MR) is 76.0 cm³/mol. The van der Waals surface area contributed by atoms with Gasteiger partial charge in [0.2, 0.25) is 0 Å². The second-order valence-corrected chi connectivity index (χ2v) is 4.93. The summed E-state index contributed by atoms with van der Waals surface area (Å²) in [6.07, 6.45) is -0.803. The van der Waals surface area contributed by atoms with Crippen molar-refractivity contribution in [3.8, 4) is 0 Å². The number of nitrogens with one attached hydrogen (secondary N) is 1. The number of Topliss-reactive ketones (excluding diaryl/α,β-unsaturated/α-hetero) is 2. The highest BCUT2D eigenvalue weighted by Gasteiger charge is 2.15. The number of carbonyl (C=O) groups is 2. The van der Waals surface area contributed by atoms with Crippen LogP contribution in [0.5, 0.6) is 0 Å². The molecule has 1 aromatic rings. The highest BCUT2D eigenvalue weighted by Crippen LogP contribution is 2.19. The number of rotatable bonds is 7. The summed E-state index contributed by atoms with van der Waals surface area (Å²) in [5, 5.41) is 21.9. The number of hydrogen-bond donors (Lipinski definition) is 3. The molecule has 0 aliphatic heterocycles. The Hall–Kier alpha value is -1.56. The Balaban J connectivity index is 2.94. The molecular formula is C15H21NO4. The second kappa shape index (κ2) is 7.28. The summed E-state index contributed by atoms with van der Waals surface area (Å²) in [6.45, 7) is 4.84. The molecule has 110 valence electrons. The number of aliphatic hydroxyl groups excluding tert-OH is 2. The molecule has 2 atom stereocenters. The monoisotopic (exact) mass is 279 g/mol. The Morgan fingerprint density at radius 1 is 1.20 bits per heavy atom. The third-order valence-electron chi connectivity index (χ3n) is 3.12. The smallest absolute Gasteiger partial charge is 0.160 e. The quantitative estimate of drug-likeness (QED) is 0.651. The molecule has 0 aliphatic carbocycles. The Kier molecular flexibility index (Phi) is 6.01. The second-order valence-electron chi connectivity index (χ2n) is 4.93. The molecule has 0 radical (unpaired) electrons. The lowest BCUT2D eigenvalue weighted by Gasteiger charge is -2.17. The van der Waals surface area contributed by atoms with Crippen molar-refractivity contribution in [2.75, 3.05) is 13.2 Å². The van der Waals surface area contributed by atoms with Crippen LogP contribution in [0, 0.1) is 0 Å². The third kappa shape index (κ3) is 4.23. The molecule has 1 aromatic carbocycles. The Morgan fingerprint density at radius 3 is 2.30 bits per heavy atom. The summed E-state index contributed by atoms with van der Waals surface area (Å²) >= 11 is 0. The maximum Gasteiger partial charge on any atom is 0.160 e. The van der Waals surface area contributed by atoms with Crippen molar-refractivity contribution in [1.29, 1.82) is 0 Å². The summed E-state index contributed by atoms with van der Waals surface area (Å²) in [6, 6.07) is 4.63. The zero-order valence-corrected chi connectivity index (χ0v) is 12.0. The molecule has 20 heavy (non-hydrogen) atoms. The van der Waals surface area contributed by atoms with E-state index in [1.165, 1.54) is 13.8 Å². The first kappa shape index (κ1) is 16.5. The molecule has 5 heteroatoms. The molecule has 0 saturated carbocycles. The molecule has 0 bridgehead atoms. The van der Waals surface area contributed by atoms with Crippen molar-refractivity contribution in [3.63, 3.8) is 0 Å². The van der Waals surface area contributed by atoms with E-state index in [0.717, 1.165) is 0 Å². The van der Waals surface area contributed by atoms with Gasteiger partial charge < -0.3 is 15.5 Å². The summed E-state index contributed by atoms with van der Waals surface area (Å²) in [5.74, 6) is -0.385. The molecule has 2 unspecified atom stereocenters. The first-order valence-electron chi connectivity index (χ1n) is 6.55. The van der Waals surface area contributed by atoms with Crippen LogP contribution in [0.2, 0.25) is 0 Å². The van der Waals surface area contributed by atoms with E-state index in [0.29, 0.717) is 16.7 Å². The molecule has 0 saturated heterocycles. The standard InChI is InChI=1S/C15H21NO4/c1-9(8-17)16-7-15(20)12-4-5-13(10(2)18)14(6-12)11(3)19/h4-6,9,15-17,20H,7-8H2,1-3H3. The highest BCUT2D eigenvalue weighted by atomic mass is 16.3. The summed E-state index contributed by atoms with van der Waals surface area (Å²) < 4.78 is 0. The van der Waals surface area contributed by atoms with Crippen LogP contribution >= 0.6 is 0 Å². The molecular weight excluding hydrogens is 258 g/mol. The van der Waals surface area contributed by atoms with Crippen molar-refractivity contribution in [2.45, 2.75) is 32.9 Å². The lowest BCUT2D eigenvalue weighted by atomic mass is 9.96. The maximum atomic E-state index is 11.6. The van der Waals surface area contributed by atoms with Crippen LogP contribution in [0.15, 0.2) is 18.2 Å². The Morgan fingerprint density at radius 2 is 1.80 bits per heavy atom. The van der Waals surface area contributed by atoms with Crippen LogP contribution in [-0.4, -0.2) is 41.0 Å². The minimum Gasteiger partial charge on any atom is -0.395 e. The van der Waals surface area contributed by atoms with Crippen molar-refractivity contribution >= 4 is 11.6 Å². The molecule has 5 nitrogen and oxygen atoms in total. The van der Waals surface area contributed by atoms with Crippen molar-refractivity contribution < 1.29 is 19.8 Å². The Bertz CT molecular complexity index is 499. The van der Waals surface area contributed by atoms with Gasteiger partial charge in [0.15, 0.2) is 11.6 Å². The van der Waals surface area contributed by atoms with Gasteiger partial charge >= 0.3 is 0 Å². The van der Waals surface area contributed by atoms with Crippen molar-refractivity contribution in [3.05, 3.63) is 34.9 Å². The van der Waals surface area contributed by atoms with Gasteiger partial charge in [-0.3, -0.25) is 9.59 Å². The number of benzene rings is 1. The maximum absolute atomic E-state index is 11.6. The largest absolute Gasteiger partial charge is 0.395 e. The average molecular weight is 279 g/mol. The molecule has 1 rings (SSSR count). The van der Waals surface area contributed by atoms with E-state index >= 15 is 0 Å². The van der Waals surface area contributed by atoms with Crippen LogP contribution in [-0.2, 0) is 0 Å². The van der Waals surface area contributed by atoms with Gasteiger partial charge in [-0.2, -0.15) is 0 Å². The fourth-order valence-corrected chi connectivity index (χ4v) is 1.86. The van der Waals surface area contributed by atoms with Gasteiger partial charge in [-0.05, 0) is 32.4 Å². The Labute approximate surface area is 118 Å². The van der Waals surface area contributed by atoms with E-state index in [1.54, 1.807) is 25.1 Å². The summed E-state index contributed by atoms with van der Waals surface area (Å²) in [4.78, 5) is 23.0. The van der Waals surface area contributed by atoms with Gasteiger partial charge in [0.25, 0.3) is 0 Å². The molecule has 0 spiro atoms. The van der Waals surface area contributed by atoms with Crippen molar-refractivity contribution in [2.24, 2.45) is 0 Å². The first-order chi connectivity index (χ1) is 9.36. The average Bonchev–Trinajstić information content (AvgIpc) is 2.43. The van der Waals surface area contributed by atoms with Crippen LogP contribution in [0.3, 0.4) is 0 Å². The molecule has 0 amide bonds. The van der Waals surface area contributed by atoms with E-state index < -0.39 is 6.10 Å². The number of ketones is 2. The summed E-state index contributed by atoms with van der Waals surface area (Å²) in [5.41, 5.74) is 1.26. The first-order valence-corrected chi connectivity index (χ1v) is 6.55. The fraction of sp³-hybridized carbons (Fsp3) is 0.467. The number of hydrogen-bond acceptors (Lipinski definition) is 5. The minimum atomic E-state index is -0.803. The molecule has 0 fully saturated rings. The minimum absolute atomic E-state index is 0.0192. The van der Waals surface area contributed by atoms with E-state index in [-0.39, 0.29) is 30.8 Å². The zero-order valence-electron chi connectivity index (χ0n) is 12.0. The van der Waals surface area contributed by atoms with Crippen LogP contribution in [0.4, 0.5) is 0 Å². The zero-order chi connectivity index (χ0) is 15.3. The van der Waals surface area contributed by atoms with Gasteiger partial charge in [0, 0.05) is 23.7 Å². The fourth-order valence-electron chi connectivity index (χ4n) is 1.86. The van der Waals surface area contributed by atoms with E-state index in [4.69, 9.17) is 5.11 Å². The van der Waals surface area contributed by atoms with Gasteiger partial charge in [0.1, 0.15) is 0 Å². The highest BCUT2D eigenvalue weighted by molar-refractivity contribution is 6.07. The third-order valence-corrected chi connectivity index (χ3v) is 3.12. The van der Waals surface area contributed by atoms with Crippen LogP contribution in [0.1, 0.15) is 53.2 Å². The van der Waals surface area contributed by atoms with Gasteiger partial charge in [-0.25, -0.2) is 0 Å². The number of aliphatic hydroxyl groups is 2. The van der Waals surface area contributed by atoms with Gasteiger partial charge in [-0.1, -0.05) is 12.1 Å². The SMILES string of the molecule is CC(=O)c1ccc(C(O)CNC(C)CO)cc1C(C)=O. The number of carbonyl (C=O) groups excluding carboxylic acids is 2. The van der Waals surface area contributed by atoms with E-state index in [9.17, 15) is 14.7 Å².